The van der Waals surface area contributed by atoms with Crippen molar-refractivity contribution >= 4 is 0 Å². The molecule has 2 aromatic carbocycles. The predicted molar refractivity (Wildman–Crippen MR) is 94.7 cm³/mol. The van der Waals surface area contributed by atoms with Crippen LogP contribution in [0.4, 0.5) is 4.39 Å². The molecular formula is C20H19FN4O. The lowest BCUT2D eigenvalue weighted by Gasteiger charge is -2.26. The summed E-state index contributed by atoms with van der Waals surface area (Å²) in [5, 5.41) is 8.62. The van der Waals surface area contributed by atoms with E-state index < -0.39 is 0 Å². The number of nitrogens with zero attached hydrogens (tertiary/aromatic N) is 4. The average Bonchev–Trinajstić information content (AvgIpc) is 3.26. The van der Waals surface area contributed by atoms with Crippen molar-refractivity contribution in [2.24, 2.45) is 0 Å². The van der Waals surface area contributed by atoms with Gasteiger partial charge in [-0.1, -0.05) is 47.7 Å². The highest BCUT2D eigenvalue weighted by Gasteiger charge is 2.40. The molecule has 0 saturated carbocycles. The zero-order valence-corrected chi connectivity index (χ0v) is 14.3. The third kappa shape index (κ3) is 2.62. The van der Waals surface area contributed by atoms with E-state index in [4.69, 9.17) is 4.74 Å². The van der Waals surface area contributed by atoms with Gasteiger partial charge in [-0.25, -0.2) is 9.07 Å². The summed E-state index contributed by atoms with van der Waals surface area (Å²) in [5.41, 5.74) is 3.22. The maximum absolute atomic E-state index is 14.2. The largest absolute Gasteiger partial charge is 0.368 e. The van der Waals surface area contributed by atoms with Crippen LogP contribution in [0, 0.1) is 5.82 Å². The zero-order chi connectivity index (χ0) is 17.5. The first kappa shape index (κ1) is 15.7. The first-order valence-electron chi connectivity index (χ1n) is 8.86. The number of hydrogen-bond donors (Lipinski definition) is 0. The number of hydrogen-bond acceptors (Lipinski definition) is 4. The van der Waals surface area contributed by atoms with Crippen LogP contribution in [0.2, 0.25) is 0 Å². The molecule has 3 heterocycles. The highest BCUT2D eigenvalue weighted by atomic mass is 19.1. The molecule has 0 aliphatic carbocycles. The Hall–Kier alpha value is -2.57. The lowest BCUT2D eigenvalue weighted by molar-refractivity contribution is -0.00494. The van der Waals surface area contributed by atoms with Crippen LogP contribution in [0.1, 0.15) is 17.3 Å². The van der Waals surface area contributed by atoms with E-state index in [-0.39, 0.29) is 18.0 Å². The molecule has 0 bridgehead atoms. The Labute approximate surface area is 151 Å². The van der Waals surface area contributed by atoms with Gasteiger partial charge in [-0.15, -0.1) is 5.10 Å². The first-order valence-corrected chi connectivity index (χ1v) is 8.86. The van der Waals surface area contributed by atoms with Gasteiger partial charge < -0.3 is 4.74 Å². The van der Waals surface area contributed by atoms with E-state index in [0.29, 0.717) is 17.9 Å². The lowest BCUT2D eigenvalue weighted by Crippen LogP contribution is -2.32. The second kappa shape index (κ2) is 6.30. The van der Waals surface area contributed by atoms with Gasteiger partial charge in [-0.2, -0.15) is 0 Å². The Kier molecular flexibility index (Phi) is 3.80. The zero-order valence-electron chi connectivity index (χ0n) is 14.3. The minimum absolute atomic E-state index is 0.0985. The number of benzene rings is 2. The topological polar surface area (TPSA) is 43.2 Å². The third-order valence-corrected chi connectivity index (χ3v) is 5.23. The Bertz CT molecular complexity index is 927. The lowest BCUT2D eigenvalue weighted by atomic mass is 10.1. The van der Waals surface area contributed by atoms with Gasteiger partial charge in [0.1, 0.15) is 11.5 Å². The van der Waals surface area contributed by atoms with E-state index >= 15 is 0 Å². The van der Waals surface area contributed by atoms with Crippen molar-refractivity contribution in [3.8, 4) is 11.3 Å². The van der Waals surface area contributed by atoms with Gasteiger partial charge in [0, 0.05) is 25.2 Å². The van der Waals surface area contributed by atoms with Crippen molar-refractivity contribution in [3.05, 3.63) is 71.7 Å². The normalized spacial score (nSPS) is 22.2. The summed E-state index contributed by atoms with van der Waals surface area (Å²) in [5.74, 6) is -0.282. The van der Waals surface area contributed by atoms with Gasteiger partial charge in [0.25, 0.3) is 0 Å². The van der Waals surface area contributed by atoms with E-state index in [1.165, 1.54) is 11.6 Å². The number of halogens is 1. The molecule has 0 N–H and O–H groups in total. The van der Waals surface area contributed by atoms with E-state index in [9.17, 15) is 4.39 Å². The molecule has 0 amide bonds. The van der Waals surface area contributed by atoms with E-state index in [0.717, 1.165) is 25.3 Å². The van der Waals surface area contributed by atoms with Gasteiger partial charge in [-0.3, -0.25) is 4.90 Å². The molecule has 1 fully saturated rings. The number of aromatic nitrogens is 3. The smallest absolute Gasteiger partial charge is 0.132 e. The fourth-order valence-electron chi connectivity index (χ4n) is 3.96. The quantitative estimate of drug-likeness (QED) is 0.728. The summed E-state index contributed by atoms with van der Waals surface area (Å²) < 4.78 is 22.2. The second-order valence-corrected chi connectivity index (χ2v) is 6.91. The van der Waals surface area contributed by atoms with E-state index in [2.05, 4.69) is 39.5 Å². The second-order valence-electron chi connectivity index (χ2n) is 6.91. The Morgan fingerprint density at radius 3 is 2.69 bits per heavy atom. The van der Waals surface area contributed by atoms with Crippen LogP contribution in [0.3, 0.4) is 0 Å². The average molecular weight is 350 g/mol. The van der Waals surface area contributed by atoms with Crippen LogP contribution < -0.4 is 0 Å². The monoisotopic (exact) mass is 350 g/mol. The molecule has 1 saturated heterocycles. The minimum atomic E-state index is -0.282. The third-order valence-electron chi connectivity index (χ3n) is 5.23. The van der Waals surface area contributed by atoms with Gasteiger partial charge in [0.2, 0.25) is 0 Å². The van der Waals surface area contributed by atoms with Gasteiger partial charge in [0.05, 0.1) is 24.4 Å². The summed E-state index contributed by atoms with van der Waals surface area (Å²) in [6.07, 6.45) is 0.0985. The van der Waals surface area contributed by atoms with Crippen LogP contribution >= 0.6 is 0 Å². The molecule has 26 heavy (non-hydrogen) atoms. The maximum Gasteiger partial charge on any atom is 0.132 e. The van der Waals surface area contributed by atoms with Crippen LogP contribution in [0.5, 0.6) is 0 Å². The van der Waals surface area contributed by atoms with Crippen LogP contribution in [-0.4, -0.2) is 39.1 Å². The van der Waals surface area contributed by atoms with Crippen LogP contribution in [-0.2, 0) is 17.9 Å². The SMILES string of the molecule is Fc1ccccc1-c1nnn2c1COC1CN(Cc3ccccc3)C[C@H]12. The molecule has 5 rings (SSSR count). The van der Waals surface area contributed by atoms with Crippen LogP contribution in [0.25, 0.3) is 11.3 Å². The van der Waals surface area contributed by atoms with Crippen molar-refractivity contribution in [2.75, 3.05) is 13.1 Å². The van der Waals surface area contributed by atoms with Gasteiger partial charge in [0.15, 0.2) is 0 Å². The van der Waals surface area contributed by atoms with Crippen LogP contribution in [0.15, 0.2) is 54.6 Å². The summed E-state index contributed by atoms with van der Waals surface area (Å²) in [4.78, 5) is 2.38. The number of ether oxygens (including phenoxy) is 1. The summed E-state index contributed by atoms with van der Waals surface area (Å²) in [6, 6.07) is 17.2. The molecule has 1 unspecified atom stereocenters. The maximum atomic E-state index is 14.2. The Balaban J connectivity index is 1.41. The highest BCUT2D eigenvalue weighted by Crippen LogP contribution is 2.35. The standard InChI is InChI=1S/C20H19FN4O/c21-16-9-5-4-8-15(16)20-18-13-26-19-12-24(10-14-6-2-1-3-7-14)11-17(19)25(18)23-22-20/h1-9,17,19H,10-13H2/t17-,19?/m1/s1. The molecule has 2 aliphatic heterocycles. The Morgan fingerprint density at radius 2 is 1.85 bits per heavy atom. The minimum Gasteiger partial charge on any atom is -0.368 e. The summed E-state index contributed by atoms with van der Waals surface area (Å²) >= 11 is 0. The van der Waals surface area contributed by atoms with Gasteiger partial charge >= 0.3 is 0 Å². The molecule has 0 radical (unpaired) electrons. The molecule has 132 valence electrons. The summed E-state index contributed by atoms with van der Waals surface area (Å²) in [7, 11) is 0. The van der Waals surface area contributed by atoms with Gasteiger partial charge in [-0.05, 0) is 17.7 Å². The molecule has 3 aromatic rings. The van der Waals surface area contributed by atoms with Crippen molar-refractivity contribution in [3.63, 3.8) is 0 Å². The van der Waals surface area contributed by atoms with Crippen molar-refractivity contribution in [1.82, 2.24) is 19.9 Å². The highest BCUT2D eigenvalue weighted by molar-refractivity contribution is 5.62. The molecule has 6 heteroatoms. The Morgan fingerprint density at radius 1 is 1.04 bits per heavy atom. The van der Waals surface area contributed by atoms with E-state index in [1.807, 2.05) is 16.8 Å². The fourth-order valence-corrected chi connectivity index (χ4v) is 3.96. The molecule has 2 aliphatic rings. The van der Waals surface area contributed by atoms with Crippen molar-refractivity contribution < 1.29 is 9.13 Å². The van der Waals surface area contributed by atoms with Crippen molar-refractivity contribution in [1.29, 1.82) is 0 Å². The number of fused-ring (bicyclic) bond motifs is 3. The predicted octanol–water partition coefficient (Wildman–Crippen LogP) is 3.04. The molecule has 5 nitrogen and oxygen atoms in total. The summed E-state index contributed by atoms with van der Waals surface area (Å²) in [6.45, 7) is 3.03. The first-order chi connectivity index (χ1) is 12.8. The number of rotatable bonds is 3. The van der Waals surface area contributed by atoms with Crippen molar-refractivity contribution in [2.45, 2.75) is 25.3 Å². The fraction of sp³-hybridized carbons (Fsp3) is 0.300. The molecular weight excluding hydrogens is 331 g/mol. The molecule has 1 aromatic heterocycles. The molecule has 0 spiro atoms. The van der Waals surface area contributed by atoms with E-state index in [1.54, 1.807) is 12.1 Å². The number of likely N-dealkylation sites (tertiary alicyclic amines) is 1. The molecule has 2 atom stereocenters.